The monoisotopic (exact) mass is 284 g/mol. The van der Waals surface area contributed by atoms with E-state index in [1.165, 1.54) is 0 Å². The van der Waals surface area contributed by atoms with Gasteiger partial charge in [0.05, 0.1) is 18.6 Å². The van der Waals surface area contributed by atoms with Gasteiger partial charge in [0.25, 0.3) is 0 Å². The quantitative estimate of drug-likeness (QED) is 0.894. The molecule has 1 aliphatic rings. The molecule has 1 aromatic carbocycles. The van der Waals surface area contributed by atoms with Crippen LogP contribution in [-0.4, -0.2) is 40.1 Å². The van der Waals surface area contributed by atoms with Gasteiger partial charge in [-0.2, -0.15) is 0 Å². The number of hydrogen-bond donors (Lipinski definition) is 1. The van der Waals surface area contributed by atoms with Gasteiger partial charge in [0.1, 0.15) is 5.75 Å². The maximum Gasteiger partial charge on any atom is 0.153 e. The van der Waals surface area contributed by atoms with Crippen molar-refractivity contribution in [1.29, 1.82) is 0 Å². The number of rotatable bonds is 3. The summed E-state index contributed by atoms with van der Waals surface area (Å²) in [6, 6.07) is 5.59. The van der Waals surface area contributed by atoms with Crippen molar-refractivity contribution in [3.05, 3.63) is 23.8 Å². The van der Waals surface area contributed by atoms with E-state index in [0.717, 1.165) is 17.0 Å². The van der Waals surface area contributed by atoms with Crippen molar-refractivity contribution in [1.82, 2.24) is 0 Å². The van der Waals surface area contributed by atoms with Crippen LogP contribution in [0.2, 0.25) is 0 Å². The molecule has 0 unspecified atom stereocenters. The molecule has 0 bridgehead atoms. The van der Waals surface area contributed by atoms with Gasteiger partial charge in [-0.25, -0.2) is 8.42 Å². The molecule has 1 fully saturated rings. The maximum absolute atomic E-state index is 11.5. The van der Waals surface area contributed by atoms with Crippen LogP contribution in [0.3, 0.4) is 0 Å². The highest BCUT2D eigenvalue weighted by Gasteiger charge is 2.25. The normalized spacial score (nSPS) is 20.1. The summed E-state index contributed by atoms with van der Waals surface area (Å²) in [5.74, 6) is 1.14. The van der Waals surface area contributed by atoms with E-state index in [-0.39, 0.29) is 17.5 Å². The SMILES string of the molecule is COc1cccc(N2CCS(=O)(=O)CC2)c1[C@@H](C)N. The maximum atomic E-state index is 11.5. The Morgan fingerprint density at radius 1 is 1.32 bits per heavy atom. The number of nitrogens with two attached hydrogens (primary N) is 1. The van der Waals surface area contributed by atoms with Crippen molar-refractivity contribution in [2.24, 2.45) is 5.73 Å². The highest BCUT2D eigenvalue weighted by atomic mass is 32.2. The highest BCUT2D eigenvalue weighted by Crippen LogP contribution is 2.34. The smallest absolute Gasteiger partial charge is 0.153 e. The second-order valence-corrected chi connectivity index (χ2v) is 7.12. The van der Waals surface area contributed by atoms with Crippen molar-refractivity contribution in [2.75, 3.05) is 36.6 Å². The Morgan fingerprint density at radius 2 is 1.95 bits per heavy atom. The number of benzene rings is 1. The molecule has 5 nitrogen and oxygen atoms in total. The Labute approximate surface area is 114 Å². The molecule has 19 heavy (non-hydrogen) atoms. The lowest BCUT2D eigenvalue weighted by atomic mass is 10.0. The lowest BCUT2D eigenvalue weighted by Crippen LogP contribution is -2.41. The third-order valence-electron chi connectivity index (χ3n) is 3.40. The Balaban J connectivity index is 2.35. The van der Waals surface area contributed by atoms with E-state index in [1.807, 2.05) is 25.1 Å². The van der Waals surface area contributed by atoms with Crippen molar-refractivity contribution >= 4 is 15.5 Å². The molecule has 0 radical (unpaired) electrons. The van der Waals surface area contributed by atoms with Crippen LogP contribution in [0, 0.1) is 0 Å². The summed E-state index contributed by atoms with van der Waals surface area (Å²) in [6.07, 6.45) is 0. The molecule has 106 valence electrons. The van der Waals surface area contributed by atoms with Gasteiger partial charge in [0, 0.05) is 30.4 Å². The molecule has 2 rings (SSSR count). The molecule has 0 aromatic heterocycles. The first-order chi connectivity index (χ1) is 8.94. The molecule has 0 aliphatic carbocycles. The molecule has 2 N–H and O–H groups in total. The Kier molecular flexibility index (Phi) is 4.01. The number of ether oxygens (including phenoxy) is 1. The zero-order valence-corrected chi connectivity index (χ0v) is 12.1. The number of hydrogen-bond acceptors (Lipinski definition) is 5. The van der Waals surface area contributed by atoms with Crippen LogP contribution in [-0.2, 0) is 9.84 Å². The molecular formula is C13H20N2O3S. The van der Waals surface area contributed by atoms with Gasteiger partial charge < -0.3 is 15.4 Å². The number of sulfone groups is 1. The molecular weight excluding hydrogens is 264 g/mol. The van der Waals surface area contributed by atoms with Crippen LogP contribution < -0.4 is 15.4 Å². The van der Waals surface area contributed by atoms with E-state index in [0.29, 0.717) is 13.1 Å². The number of anilines is 1. The third-order valence-corrected chi connectivity index (χ3v) is 5.01. The van der Waals surface area contributed by atoms with Crippen molar-refractivity contribution in [3.8, 4) is 5.75 Å². The molecule has 6 heteroatoms. The van der Waals surface area contributed by atoms with Crippen LogP contribution in [0.5, 0.6) is 5.75 Å². The van der Waals surface area contributed by atoms with E-state index in [4.69, 9.17) is 10.5 Å². The fourth-order valence-electron chi connectivity index (χ4n) is 2.40. The van der Waals surface area contributed by atoms with E-state index in [9.17, 15) is 8.42 Å². The van der Waals surface area contributed by atoms with Crippen LogP contribution >= 0.6 is 0 Å². The fraction of sp³-hybridized carbons (Fsp3) is 0.538. The lowest BCUT2D eigenvalue weighted by molar-refractivity contribution is 0.407. The minimum absolute atomic E-state index is 0.162. The van der Waals surface area contributed by atoms with E-state index < -0.39 is 9.84 Å². The molecule has 0 spiro atoms. The molecule has 1 aromatic rings. The zero-order chi connectivity index (χ0) is 14.0. The van der Waals surface area contributed by atoms with Crippen molar-refractivity contribution < 1.29 is 13.2 Å². The van der Waals surface area contributed by atoms with Crippen molar-refractivity contribution in [2.45, 2.75) is 13.0 Å². The Morgan fingerprint density at radius 3 is 2.47 bits per heavy atom. The average Bonchev–Trinajstić information content (AvgIpc) is 2.37. The summed E-state index contributed by atoms with van der Waals surface area (Å²) in [5.41, 5.74) is 7.94. The molecule has 1 aliphatic heterocycles. The van der Waals surface area contributed by atoms with Crippen LogP contribution in [0.4, 0.5) is 5.69 Å². The minimum atomic E-state index is -2.88. The molecule has 0 amide bonds. The van der Waals surface area contributed by atoms with Gasteiger partial charge in [0.15, 0.2) is 9.84 Å². The predicted molar refractivity (Wildman–Crippen MR) is 76.5 cm³/mol. The van der Waals surface area contributed by atoms with Crippen LogP contribution in [0.1, 0.15) is 18.5 Å². The first kappa shape index (κ1) is 14.1. The number of methoxy groups -OCH3 is 1. The minimum Gasteiger partial charge on any atom is -0.496 e. The average molecular weight is 284 g/mol. The summed E-state index contributed by atoms with van der Waals surface area (Å²) in [6.45, 7) is 2.92. The largest absolute Gasteiger partial charge is 0.496 e. The molecule has 0 saturated carbocycles. The summed E-state index contributed by atoms with van der Waals surface area (Å²) in [7, 11) is -1.26. The van der Waals surface area contributed by atoms with E-state index in [2.05, 4.69) is 4.90 Å². The Bertz CT molecular complexity index is 541. The summed E-state index contributed by atoms with van der Waals surface area (Å²) in [5, 5.41) is 0. The van der Waals surface area contributed by atoms with E-state index in [1.54, 1.807) is 7.11 Å². The standard InChI is InChI=1S/C13H20N2O3S/c1-10(14)13-11(4-3-5-12(13)18-2)15-6-8-19(16,17)9-7-15/h3-5,10H,6-9,14H2,1-2H3/t10-/m1/s1. The lowest BCUT2D eigenvalue weighted by Gasteiger charge is -2.32. The summed E-state index contributed by atoms with van der Waals surface area (Å²) in [4.78, 5) is 2.07. The molecule has 1 heterocycles. The first-order valence-electron chi connectivity index (χ1n) is 6.32. The summed E-state index contributed by atoms with van der Waals surface area (Å²) >= 11 is 0. The van der Waals surface area contributed by atoms with Gasteiger partial charge in [-0.05, 0) is 19.1 Å². The van der Waals surface area contributed by atoms with Gasteiger partial charge in [-0.15, -0.1) is 0 Å². The van der Waals surface area contributed by atoms with Gasteiger partial charge in [-0.3, -0.25) is 0 Å². The first-order valence-corrected chi connectivity index (χ1v) is 8.14. The van der Waals surface area contributed by atoms with E-state index >= 15 is 0 Å². The predicted octanol–water partition coefficient (Wildman–Crippen LogP) is 0.950. The van der Waals surface area contributed by atoms with Gasteiger partial charge in [0.2, 0.25) is 0 Å². The van der Waals surface area contributed by atoms with Crippen LogP contribution in [0.15, 0.2) is 18.2 Å². The third kappa shape index (κ3) is 3.01. The molecule has 1 saturated heterocycles. The molecule has 1 atom stereocenters. The van der Waals surface area contributed by atoms with Gasteiger partial charge >= 0.3 is 0 Å². The van der Waals surface area contributed by atoms with Crippen molar-refractivity contribution in [3.63, 3.8) is 0 Å². The summed E-state index contributed by atoms with van der Waals surface area (Å²) < 4.78 is 28.3. The fourth-order valence-corrected chi connectivity index (χ4v) is 3.60. The topological polar surface area (TPSA) is 72.6 Å². The highest BCUT2D eigenvalue weighted by molar-refractivity contribution is 7.91. The second kappa shape index (κ2) is 5.38. The second-order valence-electron chi connectivity index (χ2n) is 4.82. The van der Waals surface area contributed by atoms with Crippen LogP contribution in [0.25, 0.3) is 0 Å². The number of nitrogens with zero attached hydrogens (tertiary/aromatic N) is 1. The Hall–Kier alpha value is -1.27. The zero-order valence-electron chi connectivity index (χ0n) is 11.3. The van der Waals surface area contributed by atoms with Gasteiger partial charge in [-0.1, -0.05) is 6.07 Å².